The van der Waals surface area contributed by atoms with Gasteiger partial charge in [0.05, 0.1) is 11.3 Å². The van der Waals surface area contributed by atoms with Crippen LogP contribution in [0.3, 0.4) is 0 Å². The number of anilines is 2. The highest BCUT2D eigenvalue weighted by molar-refractivity contribution is 5.89. The lowest BCUT2D eigenvalue weighted by molar-refractivity contribution is 0.0697. The third-order valence-electron chi connectivity index (χ3n) is 4.25. The Morgan fingerprint density at radius 1 is 1.04 bits per heavy atom. The zero-order chi connectivity index (χ0) is 18.7. The van der Waals surface area contributed by atoms with Gasteiger partial charge in [0.25, 0.3) is 0 Å². The van der Waals surface area contributed by atoms with E-state index in [-0.39, 0.29) is 11.5 Å². The van der Waals surface area contributed by atoms with Crippen molar-refractivity contribution in [2.75, 3.05) is 11.5 Å². The molecule has 0 saturated heterocycles. The summed E-state index contributed by atoms with van der Waals surface area (Å²) in [5.74, 6) is -0.335. The van der Waals surface area contributed by atoms with Gasteiger partial charge in [0, 0.05) is 12.0 Å². The molecule has 0 atom stereocenters. The highest BCUT2D eigenvalue weighted by atomic mass is 16.4. The quantitative estimate of drug-likeness (QED) is 0.652. The van der Waals surface area contributed by atoms with Gasteiger partial charge in [-0.2, -0.15) is 4.98 Å². The molecule has 1 heterocycles. The summed E-state index contributed by atoms with van der Waals surface area (Å²) < 4.78 is 0. The average molecular weight is 348 g/mol. The van der Waals surface area contributed by atoms with Crippen molar-refractivity contribution in [3.63, 3.8) is 0 Å². The number of carboxylic acids is 1. The van der Waals surface area contributed by atoms with Crippen LogP contribution in [0.1, 0.15) is 34.1 Å². The van der Waals surface area contributed by atoms with E-state index >= 15 is 0 Å². The van der Waals surface area contributed by atoms with Crippen LogP contribution in [0.25, 0.3) is 11.1 Å². The van der Waals surface area contributed by atoms with E-state index in [2.05, 4.69) is 9.97 Å². The molecule has 3 rings (SSSR count). The summed E-state index contributed by atoms with van der Waals surface area (Å²) in [6.07, 6.45) is 1.34. The smallest absolute Gasteiger partial charge is 0.335 e. The standard InChI is InChI=1S/C20H20N4O2/c1-2-17-16(18(21)24-20(22)23-17)10-12-6-8-13(9-7-12)14-4-3-5-15(11-14)19(25)26/h3-9,11H,2,10H2,1H3,(H,25,26)(H4,21,22,23,24). The van der Waals surface area contributed by atoms with E-state index in [0.29, 0.717) is 12.2 Å². The monoisotopic (exact) mass is 348 g/mol. The minimum atomic E-state index is -0.936. The number of aromatic nitrogens is 2. The van der Waals surface area contributed by atoms with Crippen LogP contribution < -0.4 is 11.5 Å². The maximum Gasteiger partial charge on any atom is 0.335 e. The molecule has 0 amide bonds. The predicted octanol–water partition coefficient (Wildman–Crippen LogP) is 3.16. The first kappa shape index (κ1) is 17.4. The van der Waals surface area contributed by atoms with Crippen LogP contribution in [0.2, 0.25) is 0 Å². The Morgan fingerprint density at radius 3 is 2.42 bits per heavy atom. The van der Waals surface area contributed by atoms with Crippen molar-refractivity contribution in [2.24, 2.45) is 0 Å². The lowest BCUT2D eigenvalue weighted by atomic mass is 9.98. The molecule has 0 radical (unpaired) electrons. The minimum absolute atomic E-state index is 0.191. The van der Waals surface area contributed by atoms with Gasteiger partial charge in [-0.05, 0) is 35.2 Å². The summed E-state index contributed by atoms with van der Waals surface area (Å²) in [6, 6.07) is 14.8. The molecular formula is C20H20N4O2. The Hall–Kier alpha value is -3.41. The third kappa shape index (κ3) is 3.64. The third-order valence-corrected chi connectivity index (χ3v) is 4.25. The van der Waals surface area contributed by atoms with E-state index in [1.807, 2.05) is 37.3 Å². The molecule has 3 aromatic rings. The second-order valence-corrected chi connectivity index (χ2v) is 6.01. The number of hydrogen-bond donors (Lipinski definition) is 3. The second kappa shape index (κ2) is 7.23. The number of aryl methyl sites for hydroxylation is 1. The number of hydrogen-bond acceptors (Lipinski definition) is 5. The number of benzene rings is 2. The molecule has 0 aliphatic carbocycles. The molecule has 0 aliphatic heterocycles. The van der Waals surface area contributed by atoms with Crippen LogP contribution in [0.15, 0.2) is 48.5 Å². The molecular weight excluding hydrogens is 328 g/mol. The number of carbonyl (C=O) groups is 1. The molecule has 0 fully saturated rings. The molecule has 6 heteroatoms. The van der Waals surface area contributed by atoms with Crippen molar-refractivity contribution in [3.8, 4) is 11.1 Å². The molecule has 0 aliphatic rings. The Kier molecular flexibility index (Phi) is 4.84. The van der Waals surface area contributed by atoms with Crippen LogP contribution in [0.4, 0.5) is 11.8 Å². The summed E-state index contributed by atoms with van der Waals surface area (Å²) in [5, 5.41) is 9.13. The summed E-state index contributed by atoms with van der Waals surface area (Å²) >= 11 is 0. The number of rotatable bonds is 5. The van der Waals surface area contributed by atoms with Gasteiger partial charge in [-0.15, -0.1) is 0 Å². The molecule has 2 aromatic carbocycles. The van der Waals surface area contributed by atoms with Crippen LogP contribution in [-0.2, 0) is 12.8 Å². The van der Waals surface area contributed by atoms with E-state index in [0.717, 1.165) is 34.4 Å². The molecule has 0 bridgehead atoms. The molecule has 6 nitrogen and oxygen atoms in total. The van der Waals surface area contributed by atoms with Crippen LogP contribution in [0.5, 0.6) is 0 Å². The largest absolute Gasteiger partial charge is 0.478 e. The summed E-state index contributed by atoms with van der Waals surface area (Å²) in [7, 11) is 0. The second-order valence-electron chi connectivity index (χ2n) is 6.01. The van der Waals surface area contributed by atoms with Gasteiger partial charge in [0.1, 0.15) is 5.82 Å². The van der Waals surface area contributed by atoms with E-state index < -0.39 is 5.97 Å². The van der Waals surface area contributed by atoms with E-state index in [9.17, 15) is 4.79 Å². The SMILES string of the molecule is CCc1nc(N)nc(N)c1Cc1ccc(-c2cccc(C(=O)O)c2)cc1. The highest BCUT2D eigenvalue weighted by Crippen LogP contribution is 2.24. The van der Waals surface area contributed by atoms with E-state index in [1.165, 1.54) is 0 Å². The fourth-order valence-corrected chi connectivity index (χ4v) is 2.91. The Labute approximate surface area is 151 Å². The lowest BCUT2D eigenvalue weighted by Crippen LogP contribution is -2.09. The van der Waals surface area contributed by atoms with E-state index in [4.69, 9.17) is 16.6 Å². The van der Waals surface area contributed by atoms with E-state index in [1.54, 1.807) is 18.2 Å². The van der Waals surface area contributed by atoms with Crippen LogP contribution in [0, 0.1) is 0 Å². The first-order valence-corrected chi connectivity index (χ1v) is 8.31. The number of nitrogen functional groups attached to an aromatic ring is 2. The summed E-state index contributed by atoms with van der Waals surface area (Å²) in [4.78, 5) is 19.5. The van der Waals surface area contributed by atoms with Gasteiger partial charge in [-0.25, -0.2) is 9.78 Å². The van der Waals surface area contributed by atoms with Crippen molar-refractivity contribution < 1.29 is 9.90 Å². The average Bonchev–Trinajstić information content (AvgIpc) is 2.64. The van der Waals surface area contributed by atoms with Gasteiger partial charge >= 0.3 is 5.97 Å². The zero-order valence-corrected chi connectivity index (χ0v) is 14.4. The van der Waals surface area contributed by atoms with Gasteiger partial charge in [0.15, 0.2) is 0 Å². The first-order valence-electron chi connectivity index (χ1n) is 8.31. The highest BCUT2D eigenvalue weighted by Gasteiger charge is 2.11. The predicted molar refractivity (Wildman–Crippen MR) is 102 cm³/mol. The molecule has 0 saturated carbocycles. The number of nitrogens with two attached hydrogens (primary N) is 2. The minimum Gasteiger partial charge on any atom is -0.478 e. The normalized spacial score (nSPS) is 10.7. The van der Waals surface area contributed by atoms with Gasteiger partial charge in [-0.1, -0.05) is 43.3 Å². The summed E-state index contributed by atoms with van der Waals surface area (Å²) in [5.41, 5.74) is 16.6. The van der Waals surface area contributed by atoms with Crippen molar-refractivity contribution in [3.05, 3.63) is 70.9 Å². The van der Waals surface area contributed by atoms with Crippen LogP contribution >= 0.6 is 0 Å². The summed E-state index contributed by atoms with van der Waals surface area (Å²) in [6.45, 7) is 2.00. The van der Waals surface area contributed by atoms with Crippen LogP contribution in [-0.4, -0.2) is 21.0 Å². The first-order chi connectivity index (χ1) is 12.5. The van der Waals surface area contributed by atoms with Crippen molar-refractivity contribution in [1.29, 1.82) is 0 Å². The molecule has 132 valence electrons. The van der Waals surface area contributed by atoms with Crippen molar-refractivity contribution >= 4 is 17.7 Å². The Morgan fingerprint density at radius 2 is 1.77 bits per heavy atom. The number of aromatic carboxylic acids is 1. The maximum absolute atomic E-state index is 11.1. The Bertz CT molecular complexity index is 953. The number of nitrogens with zero attached hydrogens (tertiary/aromatic N) is 2. The molecule has 1 aromatic heterocycles. The zero-order valence-electron chi connectivity index (χ0n) is 14.4. The molecule has 0 spiro atoms. The van der Waals surface area contributed by atoms with Gasteiger partial charge < -0.3 is 16.6 Å². The molecule has 26 heavy (non-hydrogen) atoms. The molecule has 0 unspecified atom stereocenters. The lowest BCUT2D eigenvalue weighted by Gasteiger charge is -2.11. The topological polar surface area (TPSA) is 115 Å². The van der Waals surface area contributed by atoms with Crippen molar-refractivity contribution in [2.45, 2.75) is 19.8 Å². The fraction of sp³-hybridized carbons (Fsp3) is 0.150. The van der Waals surface area contributed by atoms with Crippen molar-refractivity contribution in [1.82, 2.24) is 9.97 Å². The maximum atomic E-state index is 11.1. The molecule has 5 N–H and O–H groups in total. The Balaban J connectivity index is 1.87. The fourth-order valence-electron chi connectivity index (χ4n) is 2.91. The van der Waals surface area contributed by atoms with Gasteiger partial charge in [-0.3, -0.25) is 0 Å². The number of carboxylic acid groups (broad SMARTS) is 1. The van der Waals surface area contributed by atoms with Gasteiger partial charge in [0.2, 0.25) is 5.95 Å².